The molecule has 0 rings (SSSR count). The Balaban J connectivity index is 3.97. The average molecular weight is 232 g/mol. The molecule has 0 saturated heterocycles. The molecule has 0 aliphatic rings. The Kier molecular flexibility index (Phi) is 8.13. The van der Waals surface area contributed by atoms with Gasteiger partial charge in [0.1, 0.15) is 0 Å². The molecule has 7 heteroatoms. The second-order valence-electron chi connectivity index (χ2n) is 1.89. The summed E-state index contributed by atoms with van der Waals surface area (Å²) in [7, 11) is 2.84. The first-order chi connectivity index (χ1) is 6.24. The summed E-state index contributed by atoms with van der Waals surface area (Å²) in [5, 5.41) is 0. The molecule has 80 valence electrons. The zero-order valence-corrected chi connectivity index (χ0v) is 9.93. The van der Waals surface area contributed by atoms with Gasteiger partial charge in [-0.2, -0.15) is 0 Å². The normalized spacial score (nSPS) is 12.0. The van der Waals surface area contributed by atoms with E-state index in [1.165, 1.54) is 14.2 Å². The molecule has 0 saturated carbocycles. The van der Waals surface area contributed by atoms with Gasteiger partial charge in [0.05, 0.1) is 0 Å². The summed E-state index contributed by atoms with van der Waals surface area (Å²) in [5.41, 5.74) is 0. The second kappa shape index (κ2) is 7.84. The van der Waals surface area contributed by atoms with Gasteiger partial charge < -0.3 is 0 Å². The van der Waals surface area contributed by atoms with Crippen LogP contribution < -0.4 is 0 Å². The van der Waals surface area contributed by atoms with Gasteiger partial charge in [0.25, 0.3) is 0 Å². The standard InChI is InChI=1S/2C2H6O2.2CH3O.Ti/c2*1-2-4-3;2*1-2;/h2*3H,2H2,1H3;2*1H3;/q;;2*-1;+4/p-2. The fourth-order valence-electron chi connectivity index (χ4n) is 0.495. The zero-order valence-electron chi connectivity index (χ0n) is 8.36. The Morgan fingerprint density at radius 1 is 0.846 bits per heavy atom. The molecule has 13 heavy (non-hydrogen) atoms. The van der Waals surface area contributed by atoms with Gasteiger partial charge >= 0.3 is 82.8 Å². The van der Waals surface area contributed by atoms with Crippen molar-refractivity contribution in [3.05, 3.63) is 0 Å². The molecule has 0 aromatic carbocycles. The number of hydrogen-bond acceptors (Lipinski definition) is 6. The third kappa shape index (κ3) is 5.04. The summed E-state index contributed by atoms with van der Waals surface area (Å²) in [6.07, 6.45) is 0. The Morgan fingerprint density at radius 2 is 1.23 bits per heavy atom. The van der Waals surface area contributed by atoms with Crippen LogP contribution in [0.5, 0.6) is 0 Å². The first-order valence-corrected chi connectivity index (χ1v) is 6.51. The van der Waals surface area contributed by atoms with Crippen LogP contribution in [0.15, 0.2) is 0 Å². The summed E-state index contributed by atoms with van der Waals surface area (Å²) in [5.74, 6) is 0. The molecule has 0 heterocycles. The van der Waals surface area contributed by atoms with E-state index >= 15 is 0 Å². The molecule has 0 N–H and O–H groups in total. The Hall–Kier alpha value is 0.474. The van der Waals surface area contributed by atoms with Gasteiger partial charge in [-0.05, 0) is 0 Å². The van der Waals surface area contributed by atoms with E-state index in [0.29, 0.717) is 13.2 Å². The number of rotatable bonds is 8. The maximum atomic E-state index is 4.96. The van der Waals surface area contributed by atoms with Crippen molar-refractivity contribution in [3.8, 4) is 0 Å². The van der Waals surface area contributed by atoms with Gasteiger partial charge in [-0.25, -0.2) is 0 Å². The Labute approximate surface area is 83.1 Å². The van der Waals surface area contributed by atoms with E-state index < -0.39 is 18.1 Å². The van der Waals surface area contributed by atoms with Crippen molar-refractivity contribution in [2.24, 2.45) is 0 Å². The van der Waals surface area contributed by atoms with Crippen molar-refractivity contribution in [3.63, 3.8) is 0 Å². The Morgan fingerprint density at radius 3 is 1.46 bits per heavy atom. The van der Waals surface area contributed by atoms with E-state index in [9.17, 15) is 0 Å². The topological polar surface area (TPSA) is 55.4 Å². The van der Waals surface area contributed by atoms with Crippen molar-refractivity contribution in [1.29, 1.82) is 0 Å². The van der Waals surface area contributed by atoms with Gasteiger partial charge in [-0.15, -0.1) is 0 Å². The van der Waals surface area contributed by atoms with E-state index in [1.54, 1.807) is 13.8 Å². The van der Waals surface area contributed by atoms with Gasteiger partial charge in [0.2, 0.25) is 0 Å². The van der Waals surface area contributed by atoms with Crippen LogP contribution in [0.25, 0.3) is 0 Å². The number of hydrogen-bond donors (Lipinski definition) is 0. The van der Waals surface area contributed by atoms with E-state index in [-0.39, 0.29) is 0 Å². The van der Waals surface area contributed by atoms with Crippen molar-refractivity contribution in [1.82, 2.24) is 0 Å². The molecule has 0 atom stereocenters. The SMILES string of the molecule is CCO[O][Ti]([O]C)([O]C)[O]OCC. The first kappa shape index (κ1) is 13.5. The minimum atomic E-state index is -3.74. The van der Waals surface area contributed by atoms with Gasteiger partial charge in [0, 0.05) is 0 Å². The second-order valence-corrected chi connectivity index (χ2v) is 5.25. The van der Waals surface area contributed by atoms with Crippen LogP contribution >= 0.6 is 0 Å². The molecule has 0 spiro atoms. The molecule has 0 aliphatic heterocycles. The summed E-state index contributed by atoms with van der Waals surface area (Å²) >= 11 is -3.74. The van der Waals surface area contributed by atoms with E-state index in [2.05, 4.69) is 0 Å². The molecule has 0 aromatic heterocycles. The van der Waals surface area contributed by atoms with E-state index in [1.807, 2.05) is 0 Å². The molecule has 6 nitrogen and oxygen atoms in total. The van der Waals surface area contributed by atoms with E-state index in [0.717, 1.165) is 0 Å². The summed E-state index contributed by atoms with van der Waals surface area (Å²) in [4.78, 5) is 9.41. The molecular formula is C6H16O6Ti. The van der Waals surface area contributed by atoms with Gasteiger partial charge in [-0.1, -0.05) is 0 Å². The molecule has 0 unspecified atom stereocenters. The van der Waals surface area contributed by atoms with Crippen LogP contribution in [0.1, 0.15) is 13.8 Å². The van der Waals surface area contributed by atoms with Crippen LogP contribution in [-0.2, 0) is 41.5 Å². The average Bonchev–Trinajstić information content (AvgIpc) is 2.20. The van der Waals surface area contributed by atoms with E-state index in [4.69, 9.17) is 23.4 Å². The molecule has 0 aromatic rings. The molecule has 0 fully saturated rings. The molecule has 0 radical (unpaired) electrons. The Bertz CT molecular complexity index is 108. The van der Waals surface area contributed by atoms with Crippen molar-refractivity contribution >= 4 is 0 Å². The summed E-state index contributed by atoms with van der Waals surface area (Å²) in [6, 6.07) is 0. The summed E-state index contributed by atoms with van der Waals surface area (Å²) in [6.45, 7) is 4.32. The third-order valence-electron chi connectivity index (χ3n) is 1.06. The molecule has 0 amide bonds. The summed E-state index contributed by atoms with van der Waals surface area (Å²) < 4.78 is 19.7. The predicted molar refractivity (Wildman–Crippen MR) is 39.4 cm³/mol. The first-order valence-electron chi connectivity index (χ1n) is 3.96. The third-order valence-corrected chi connectivity index (χ3v) is 3.62. The van der Waals surface area contributed by atoms with Crippen molar-refractivity contribution in [2.45, 2.75) is 13.8 Å². The monoisotopic (exact) mass is 232 g/mol. The quantitative estimate of drug-likeness (QED) is 0.354. The zero-order chi connectivity index (χ0) is 10.2. The van der Waals surface area contributed by atoms with Gasteiger partial charge in [0.15, 0.2) is 0 Å². The maximum absolute atomic E-state index is 4.96. The van der Waals surface area contributed by atoms with Crippen LogP contribution in [0.3, 0.4) is 0 Å². The predicted octanol–water partition coefficient (Wildman–Crippen LogP) is 1.03. The molecular weight excluding hydrogens is 216 g/mol. The minimum absolute atomic E-state index is 0.384. The van der Waals surface area contributed by atoms with Crippen molar-refractivity contribution in [2.75, 3.05) is 27.4 Å². The van der Waals surface area contributed by atoms with Gasteiger partial charge in [-0.3, -0.25) is 0 Å². The van der Waals surface area contributed by atoms with Crippen LogP contribution in [0.2, 0.25) is 0 Å². The molecule has 0 bridgehead atoms. The fourth-order valence-corrected chi connectivity index (χ4v) is 2.04. The molecule has 0 aliphatic carbocycles. The van der Waals surface area contributed by atoms with Crippen LogP contribution in [0, 0.1) is 0 Å². The van der Waals surface area contributed by atoms with Crippen molar-refractivity contribution < 1.29 is 41.5 Å². The fraction of sp³-hybridized carbons (Fsp3) is 1.00. The van der Waals surface area contributed by atoms with Crippen LogP contribution in [-0.4, -0.2) is 27.4 Å². The van der Waals surface area contributed by atoms with Crippen LogP contribution in [0.4, 0.5) is 0 Å².